The van der Waals surface area contributed by atoms with E-state index < -0.39 is 0 Å². The van der Waals surface area contributed by atoms with Crippen LogP contribution in [0.15, 0.2) is 0 Å². The van der Waals surface area contributed by atoms with Gasteiger partial charge in [-0.1, -0.05) is 0 Å². The van der Waals surface area contributed by atoms with Crippen molar-refractivity contribution < 1.29 is 4.79 Å². The van der Waals surface area contributed by atoms with Crippen LogP contribution >= 0.6 is 0 Å². The van der Waals surface area contributed by atoms with E-state index >= 15 is 0 Å². The lowest BCUT2D eigenvalue weighted by Crippen LogP contribution is -2.32. The van der Waals surface area contributed by atoms with E-state index in [1.54, 1.807) is 0 Å². The summed E-state index contributed by atoms with van der Waals surface area (Å²) in [7, 11) is 2.20. The maximum absolute atomic E-state index is 11.1. The fourth-order valence-electron chi connectivity index (χ4n) is 2.60. The van der Waals surface area contributed by atoms with E-state index in [4.69, 9.17) is 0 Å². The van der Waals surface area contributed by atoms with Crippen LogP contribution in [0.2, 0.25) is 0 Å². The SMILES string of the molecule is CN1CCC(CCN2CCC(=O)C2)CC1. The smallest absolute Gasteiger partial charge is 0.148 e. The van der Waals surface area contributed by atoms with Crippen LogP contribution in [-0.2, 0) is 4.79 Å². The lowest BCUT2D eigenvalue weighted by Gasteiger charge is -2.29. The van der Waals surface area contributed by atoms with E-state index in [0.29, 0.717) is 12.3 Å². The molecule has 0 amide bonds. The molecular formula is C12H22N2O. The van der Waals surface area contributed by atoms with Crippen molar-refractivity contribution in [3.05, 3.63) is 0 Å². The number of carbonyl (C=O) groups excluding carboxylic acids is 1. The van der Waals surface area contributed by atoms with Gasteiger partial charge in [0.05, 0.1) is 6.54 Å². The molecule has 3 nitrogen and oxygen atoms in total. The highest BCUT2D eigenvalue weighted by molar-refractivity contribution is 5.82. The van der Waals surface area contributed by atoms with Crippen molar-refractivity contribution in [2.45, 2.75) is 25.7 Å². The fourth-order valence-corrected chi connectivity index (χ4v) is 2.60. The summed E-state index contributed by atoms with van der Waals surface area (Å²) < 4.78 is 0. The topological polar surface area (TPSA) is 23.6 Å². The zero-order valence-electron chi connectivity index (χ0n) is 9.74. The van der Waals surface area contributed by atoms with Gasteiger partial charge in [0.2, 0.25) is 0 Å². The summed E-state index contributed by atoms with van der Waals surface area (Å²) in [5, 5.41) is 0. The summed E-state index contributed by atoms with van der Waals surface area (Å²) in [5.74, 6) is 1.33. The molecular weight excluding hydrogens is 188 g/mol. The van der Waals surface area contributed by atoms with Crippen LogP contribution in [0.4, 0.5) is 0 Å². The van der Waals surface area contributed by atoms with Crippen LogP contribution in [0.1, 0.15) is 25.7 Å². The number of ketones is 1. The second-order valence-electron chi connectivity index (χ2n) is 5.10. The molecule has 0 aliphatic carbocycles. The van der Waals surface area contributed by atoms with Crippen molar-refractivity contribution in [3.63, 3.8) is 0 Å². The van der Waals surface area contributed by atoms with Gasteiger partial charge in [0.15, 0.2) is 0 Å². The van der Waals surface area contributed by atoms with Gasteiger partial charge in [-0.3, -0.25) is 9.69 Å². The highest BCUT2D eigenvalue weighted by atomic mass is 16.1. The first kappa shape index (κ1) is 11.1. The zero-order valence-corrected chi connectivity index (χ0v) is 9.74. The Kier molecular flexibility index (Phi) is 3.76. The normalized spacial score (nSPS) is 26.3. The van der Waals surface area contributed by atoms with Crippen molar-refractivity contribution >= 4 is 5.78 Å². The van der Waals surface area contributed by atoms with Crippen LogP contribution < -0.4 is 0 Å². The van der Waals surface area contributed by atoms with Crippen LogP contribution in [0.25, 0.3) is 0 Å². The second-order valence-corrected chi connectivity index (χ2v) is 5.10. The molecule has 15 heavy (non-hydrogen) atoms. The van der Waals surface area contributed by atoms with E-state index in [1.807, 2.05) is 0 Å². The minimum absolute atomic E-state index is 0.429. The molecule has 0 radical (unpaired) electrons. The Balaban J connectivity index is 1.63. The van der Waals surface area contributed by atoms with E-state index in [-0.39, 0.29) is 0 Å². The average Bonchev–Trinajstić information content (AvgIpc) is 2.64. The van der Waals surface area contributed by atoms with Crippen molar-refractivity contribution in [1.82, 2.24) is 9.80 Å². The van der Waals surface area contributed by atoms with Gasteiger partial charge in [0.1, 0.15) is 5.78 Å². The molecule has 3 heteroatoms. The van der Waals surface area contributed by atoms with Gasteiger partial charge in [-0.05, 0) is 51.9 Å². The Morgan fingerprint density at radius 2 is 2.00 bits per heavy atom. The Bertz CT molecular complexity index is 222. The molecule has 0 spiro atoms. The van der Waals surface area contributed by atoms with Crippen molar-refractivity contribution in [2.24, 2.45) is 5.92 Å². The van der Waals surface area contributed by atoms with Gasteiger partial charge < -0.3 is 4.90 Å². The molecule has 2 saturated heterocycles. The Hall–Kier alpha value is -0.410. The molecule has 0 atom stereocenters. The molecule has 0 aromatic heterocycles. The van der Waals surface area contributed by atoms with Crippen molar-refractivity contribution in [2.75, 3.05) is 39.8 Å². The molecule has 2 heterocycles. The monoisotopic (exact) mass is 210 g/mol. The van der Waals surface area contributed by atoms with Crippen molar-refractivity contribution in [3.8, 4) is 0 Å². The molecule has 0 saturated carbocycles. The van der Waals surface area contributed by atoms with Crippen LogP contribution in [0, 0.1) is 5.92 Å². The van der Waals surface area contributed by atoms with E-state index in [0.717, 1.165) is 25.4 Å². The molecule has 0 unspecified atom stereocenters. The summed E-state index contributed by atoms with van der Waals surface area (Å²) >= 11 is 0. The first-order valence-corrected chi connectivity index (χ1v) is 6.16. The number of nitrogens with zero attached hydrogens (tertiary/aromatic N) is 2. The molecule has 0 N–H and O–H groups in total. The lowest BCUT2D eigenvalue weighted by atomic mass is 9.94. The molecule has 86 valence electrons. The van der Waals surface area contributed by atoms with E-state index in [9.17, 15) is 4.79 Å². The van der Waals surface area contributed by atoms with Crippen molar-refractivity contribution in [1.29, 1.82) is 0 Å². The molecule has 2 rings (SSSR count). The summed E-state index contributed by atoms with van der Waals surface area (Å²) in [5.41, 5.74) is 0. The molecule has 2 aliphatic rings. The highest BCUT2D eigenvalue weighted by Crippen LogP contribution is 2.20. The maximum Gasteiger partial charge on any atom is 0.148 e. The first-order chi connectivity index (χ1) is 7.24. The summed E-state index contributed by atoms with van der Waals surface area (Å²) in [6.07, 6.45) is 4.77. The van der Waals surface area contributed by atoms with Gasteiger partial charge in [-0.2, -0.15) is 0 Å². The Labute approximate surface area is 92.4 Å². The molecule has 0 aromatic rings. The van der Waals surface area contributed by atoms with Crippen LogP contribution in [0.3, 0.4) is 0 Å². The molecule has 0 bridgehead atoms. The largest absolute Gasteiger partial charge is 0.306 e. The summed E-state index contributed by atoms with van der Waals surface area (Å²) in [6, 6.07) is 0. The van der Waals surface area contributed by atoms with Gasteiger partial charge in [-0.15, -0.1) is 0 Å². The first-order valence-electron chi connectivity index (χ1n) is 6.16. The second kappa shape index (κ2) is 5.08. The predicted molar refractivity (Wildman–Crippen MR) is 60.9 cm³/mol. The molecule has 0 aromatic carbocycles. The van der Waals surface area contributed by atoms with Gasteiger partial charge in [0, 0.05) is 13.0 Å². The standard InChI is InChI=1S/C12H22N2O/c1-13-6-2-11(3-7-13)4-8-14-9-5-12(15)10-14/h11H,2-10H2,1H3. The van der Waals surface area contributed by atoms with Gasteiger partial charge >= 0.3 is 0 Å². The number of hydrogen-bond donors (Lipinski definition) is 0. The third-order valence-corrected chi connectivity index (χ3v) is 3.80. The number of Topliss-reactive ketones (excluding diaryl/α,β-unsaturated/α-hetero) is 1. The minimum Gasteiger partial charge on any atom is -0.306 e. The summed E-state index contributed by atoms with van der Waals surface area (Å²) in [4.78, 5) is 15.8. The van der Waals surface area contributed by atoms with Crippen LogP contribution in [-0.4, -0.2) is 55.4 Å². The summed E-state index contributed by atoms with van der Waals surface area (Å²) in [6.45, 7) is 5.37. The number of hydrogen-bond acceptors (Lipinski definition) is 3. The Morgan fingerprint density at radius 1 is 1.27 bits per heavy atom. The fraction of sp³-hybridized carbons (Fsp3) is 0.917. The zero-order chi connectivity index (χ0) is 10.7. The van der Waals surface area contributed by atoms with E-state index in [1.165, 1.54) is 32.4 Å². The quantitative estimate of drug-likeness (QED) is 0.694. The highest BCUT2D eigenvalue weighted by Gasteiger charge is 2.21. The lowest BCUT2D eigenvalue weighted by molar-refractivity contribution is -0.116. The number of piperidine rings is 1. The maximum atomic E-state index is 11.1. The molecule has 2 fully saturated rings. The Morgan fingerprint density at radius 3 is 2.60 bits per heavy atom. The molecule has 2 aliphatic heterocycles. The van der Waals surface area contributed by atoms with E-state index in [2.05, 4.69) is 16.8 Å². The average molecular weight is 210 g/mol. The predicted octanol–water partition coefficient (Wildman–Crippen LogP) is 0.993. The third kappa shape index (κ3) is 3.28. The van der Waals surface area contributed by atoms with Gasteiger partial charge in [-0.25, -0.2) is 0 Å². The van der Waals surface area contributed by atoms with Gasteiger partial charge in [0.25, 0.3) is 0 Å². The third-order valence-electron chi connectivity index (χ3n) is 3.80. The number of likely N-dealkylation sites (tertiary alicyclic amines) is 2. The van der Waals surface area contributed by atoms with Crippen LogP contribution in [0.5, 0.6) is 0 Å². The number of carbonyl (C=O) groups is 1. The minimum atomic E-state index is 0.429. The number of rotatable bonds is 3.